The minimum absolute atomic E-state index is 0.0583. The van der Waals surface area contributed by atoms with E-state index in [-0.39, 0.29) is 43.3 Å². The van der Waals surface area contributed by atoms with Crippen LogP contribution in [0, 0.1) is 5.92 Å². The Balaban J connectivity index is 1.93. The Labute approximate surface area is 104 Å². The second-order valence-corrected chi connectivity index (χ2v) is 4.67. The first-order valence-corrected chi connectivity index (χ1v) is 5.94. The predicted molar refractivity (Wildman–Crippen MR) is 63.6 cm³/mol. The summed E-state index contributed by atoms with van der Waals surface area (Å²) in [5, 5.41) is 11.9. The van der Waals surface area contributed by atoms with Crippen LogP contribution in [0.15, 0.2) is 24.3 Å². The van der Waals surface area contributed by atoms with Crippen LogP contribution in [-0.2, 0) is 4.79 Å². The van der Waals surface area contributed by atoms with Gasteiger partial charge in [0.15, 0.2) is 0 Å². The number of alkyl halides is 2. The van der Waals surface area contributed by atoms with Gasteiger partial charge in [-0.3, -0.25) is 4.79 Å². The number of rotatable bonds is 2. The smallest absolute Gasteiger partial charge is 0.248 e. The van der Waals surface area contributed by atoms with Gasteiger partial charge in [0.05, 0.1) is 0 Å². The van der Waals surface area contributed by atoms with E-state index < -0.39 is 5.92 Å². The molecule has 2 rings (SSSR count). The maximum absolute atomic E-state index is 13.0. The van der Waals surface area contributed by atoms with E-state index in [1.54, 1.807) is 12.1 Å². The number of phenolic OH excluding ortho intramolecular Hbond substituents is 1. The van der Waals surface area contributed by atoms with E-state index in [0.29, 0.717) is 5.69 Å². The van der Waals surface area contributed by atoms with Crippen LogP contribution in [0.25, 0.3) is 0 Å². The summed E-state index contributed by atoms with van der Waals surface area (Å²) in [4.78, 5) is 11.9. The minimum Gasteiger partial charge on any atom is -0.508 e. The third-order valence-corrected chi connectivity index (χ3v) is 3.20. The molecule has 5 heteroatoms. The monoisotopic (exact) mass is 255 g/mol. The number of hydrogen-bond acceptors (Lipinski definition) is 2. The van der Waals surface area contributed by atoms with Gasteiger partial charge < -0.3 is 10.4 Å². The fourth-order valence-corrected chi connectivity index (χ4v) is 2.13. The van der Waals surface area contributed by atoms with Gasteiger partial charge in [-0.2, -0.15) is 0 Å². The van der Waals surface area contributed by atoms with Gasteiger partial charge >= 0.3 is 0 Å². The molecule has 0 radical (unpaired) electrons. The highest BCUT2D eigenvalue weighted by Crippen LogP contribution is 2.36. The van der Waals surface area contributed by atoms with E-state index in [2.05, 4.69) is 5.32 Å². The van der Waals surface area contributed by atoms with Gasteiger partial charge in [-0.05, 0) is 25.0 Å². The van der Waals surface area contributed by atoms with Crippen molar-refractivity contribution in [2.24, 2.45) is 5.92 Å². The number of carbonyl (C=O) groups excluding carboxylic acids is 1. The molecule has 0 saturated heterocycles. The molecular formula is C13H15F2NO2. The largest absolute Gasteiger partial charge is 0.508 e. The molecule has 1 aliphatic carbocycles. The van der Waals surface area contributed by atoms with Crippen LogP contribution in [0.4, 0.5) is 14.5 Å². The maximum Gasteiger partial charge on any atom is 0.248 e. The van der Waals surface area contributed by atoms with Crippen LogP contribution < -0.4 is 5.32 Å². The number of hydrogen-bond donors (Lipinski definition) is 2. The molecular weight excluding hydrogens is 240 g/mol. The van der Waals surface area contributed by atoms with Crippen LogP contribution >= 0.6 is 0 Å². The van der Waals surface area contributed by atoms with Gasteiger partial charge in [-0.1, -0.05) is 6.07 Å². The Morgan fingerprint density at radius 1 is 1.33 bits per heavy atom. The second-order valence-electron chi connectivity index (χ2n) is 4.67. The topological polar surface area (TPSA) is 49.3 Å². The Morgan fingerprint density at radius 3 is 2.61 bits per heavy atom. The Kier molecular flexibility index (Phi) is 3.50. The van der Waals surface area contributed by atoms with Gasteiger partial charge in [-0.25, -0.2) is 8.78 Å². The minimum atomic E-state index is -2.62. The fourth-order valence-electron chi connectivity index (χ4n) is 2.13. The Hall–Kier alpha value is -1.65. The zero-order valence-electron chi connectivity index (χ0n) is 9.83. The van der Waals surface area contributed by atoms with Gasteiger partial charge in [-0.15, -0.1) is 0 Å². The van der Waals surface area contributed by atoms with Crippen LogP contribution in [-0.4, -0.2) is 16.9 Å². The molecule has 1 aromatic carbocycles. The molecule has 0 atom stereocenters. The van der Waals surface area contributed by atoms with Gasteiger partial charge in [0, 0.05) is 30.5 Å². The highest BCUT2D eigenvalue weighted by atomic mass is 19.3. The molecule has 0 spiro atoms. The van der Waals surface area contributed by atoms with Gasteiger partial charge in [0.25, 0.3) is 0 Å². The van der Waals surface area contributed by atoms with Crippen molar-refractivity contribution in [2.45, 2.75) is 31.6 Å². The fraction of sp³-hybridized carbons (Fsp3) is 0.462. The summed E-state index contributed by atoms with van der Waals surface area (Å²) in [5.74, 6) is -3.19. The van der Waals surface area contributed by atoms with E-state index in [1.807, 2.05) is 0 Å². The van der Waals surface area contributed by atoms with Crippen molar-refractivity contribution in [3.63, 3.8) is 0 Å². The molecule has 1 amide bonds. The van der Waals surface area contributed by atoms with Crippen LogP contribution in [0.2, 0.25) is 0 Å². The number of aromatic hydroxyl groups is 1. The van der Waals surface area contributed by atoms with Crippen molar-refractivity contribution in [1.29, 1.82) is 0 Å². The zero-order chi connectivity index (χ0) is 13.2. The first-order valence-electron chi connectivity index (χ1n) is 5.94. The molecule has 1 aliphatic rings. The molecule has 3 nitrogen and oxygen atoms in total. The molecule has 1 aromatic rings. The number of anilines is 1. The van der Waals surface area contributed by atoms with Crippen LogP contribution in [0.5, 0.6) is 5.75 Å². The lowest BCUT2D eigenvalue weighted by molar-refractivity contribution is -0.124. The third-order valence-electron chi connectivity index (χ3n) is 3.20. The van der Waals surface area contributed by atoms with E-state index >= 15 is 0 Å². The van der Waals surface area contributed by atoms with Crippen LogP contribution in [0.3, 0.4) is 0 Å². The summed E-state index contributed by atoms with van der Waals surface area (Å²) >= 11 is 0. The SMILES string of the molecule is O=C(Nc1cccc(O)c1)C1CCC(F)(F)CC1. The molecule has 1 fully saturated rings. The summed E-state index contributed by atoms with van der Waals surface area (Å²) in [6.45, 7) is 0. The van der Waals surface area contributed by atoms with E-state index in [4.69, 9.17) is 0 Å². The first-order chi connectivity index (χ1) is 8.46. The van der Waals surface area contributed by atoms with Crippen LogP contribution in [0.1, 0.15) is 25.7 Å². The average molecular weight is 255 g/mol. The highest BCUT2D eigenvalue weighted by Gasteiger charge is 2.37. The molecule has 18 heavy (non-hydrogen) atoms. The molecule has 0 aromatic heterocycles. The molecule has 0 heterocycles. The van der Waals surface area contributed by atoms with Gasteiger partial charge in [0.2, 0.25) is 11.8 Å². The van der Waals surface area contributed by atoms with Crippen molar-refractivity contribution >= 4 is 11.6 Å². The standard InChI is InChI=1S/C13H15F2NO2/c14-13(15)6-4-9(5-7-13)12(18)16-10-2-1-3-11(17)8-10/h1-3,8-9,17H,4-7H2,(H,16,18). The normalized spacial score (nSPS) is 19.4. The third kappa shape index (κ3) is 3.18. The van der Waals surface area contributed by atoms with Crippen molar-refractivity contribution in [3.8, 4) is 5.75 Å². The number of benzene rings is 1. The van der Waals surface area contributed by atoms with E-state index in [0.717, 1.165) is 0 Å². The molecule has 0 unspecified atom stereocenters. The van der Waals surface area contributed by atoms with E-state index in [9.17, 15) is 18.7 Å². The van der Waals surface area contributed by atoms with Crippen molar-refractivity contribution in [3.05, 3.63) is 24.3 Å². The predicted octanol–water partition coefficient (Wildman–Crippen LogP) is 3.16. The lowest BCUT2D eigenvalue weighted by Crippen LogP contribution is -2.31. The van der Waals surface area contributed by atoms with Crippen molar-refractivity contribution in [2.75, 3.05) is 5.32 Å². The molecule has 2 N–H and O–H groups in total. The number of nitrogens with one attached hydrogen (secondary N) is 1. The number of phenols is 1. The lowest BCUT2D eigenvalue weighted by atomic mass is 9.86. The lowest BCUT2D eigenvalue weighted by Gasteiger charge is -2.27. The Bertz CT molecular complexity index is 438. The zero-order valence-corrected chi connectivity index (χ0v) is 9.83. The van der Waals surface area contributed by atoms with Gasteiger partial charge in [0.1, 0.15) is 5.75 Å². The van der Waals surface area contributed by atoms with Crippen molar-refractivity contribution < 1.29 is 18.7 Å². The molecule has 0 aliphatic heterocycles. The number of carbonyl (C=O) groups is 1. The maximum atomic E-state index is 13.0. The summed E-state index contributed by atoms with van der Waals surface area (Å²) in [6.07, 6.45) is -0.0500. The second kappa shape index (κ2) is 4.92. The summed E-state index contributed by atoms with van der Waals surface area (Å²) in [6, 6.07) is 6.18. The quantitative estimate of drug-likeness (QED) is 0.852. The van der Waals surface area contributed by atoms with Crippen molar-refractivity contribution in [1.82, 2.24) is 0 Å². The Morgan fingerprint density at radius 2 is 2.00 bits per heavy atom. The highest BCUT2D eigenvalue weighted by molar-refractivity contribution is 5.92. The molecule has 1 saturated carbocycles. The summed E-state index contributed by atoms with van der Waals surface area (Å²) in [7, 11) is 0. The summed E-state index contributed by atoms with van der Waals surface area (Å²) < 4.78 is 25.9. The molecule has 0 bridgehead atoms. The average Bonchev–Trinajstić information content (AvgIpc) is 2.28. The number of amides is 1. The first kappa shape index (κ1) is 12.8. The van der Waals surface area contributed by atoms with E-state index in [1.165, 1.54) is 12.1 Å². The molecule has 98 valence electrons. The summed E-state index contributed by atoms with van der Waals surface area (Å²) in [5.41, 5.74) is 0.484. The number of halogens is 2.